The molecule has 174 valence electrons. The molecular weight excluding hydrogens is 471 g/mol. The summed E-state index contributed by atoms with van der Waals surface area (Å²) < 4.78 is 42.6. The standard InChI is InChI=1S/C26H23FN2O3S2/c1-17-12-13-22(14-18(17)2)29(3)34(31,32)25-23(19-8-5-4-6-9-19)16-33-24(25)26(30)28-21-11-7-10-20(27)15-21/h4-16H,1-3H3,(H,28,30). The lowest BCUT2D eigenvalue weighted by molar-refractivity contribution is 0.102. The van der Waals surface area contributed by atoms with Crippen LogP contribution in [0.15, 0.2) is 83.1 Å². The number of hydrogen-bond donors (Lipinski definition) is 1. The summed E-state index contributed by atoms with van der Waals surface area (Å²) in [6.45, 7) is 3.87. The Bertz CT molecular complexity index is 1460. The van der Waals surface area contributed by atoms with Gasteiger partial charge in [0.2, 0.25) is 0 Å². The number of sulfonamides is 1. The summed E-state index contributed by atoms with van der Waals surface area (Å²) in [7, 11) is -2.65. The highest BCUT2D eigenvalue weighted by atomic mass is 32.2. The van der Waals surface area contributed by atoms with Crippen LogP contribution in [0.25, 0.3) is 11.1 Å². The minimum atomic E-state index is -4.12. The van der Waals surface area contributed by atoms with Crippen LogP contribution in [0, 0.1) is 19.7 Å². The first-order valence-corrected chi connectivity index (χ1v) is 12.8. The van der Waals surface area contributed by atoms with Gasteiger partial charge in [0.25, 0.3) is 15.9 Å². The van der Waals surface area contributed by atoms with E-state index in [1.54, 1.807) is 35.7 Å². The van der Waals surface area contributed by atoms with E-state index in [1.807, 2.05) is 38.1 Å². The lowest BCUT2D eigenvalue weighted by atomic mass is 10.1. The van der Waals surface area contributed by atoms with Gasteiger partial charge >= 0.3 is 0 Å². The minimum Gasteiger partial charge on any atom is -0.321 e. The Hall–Kier alpha value is -3.49. The van der Waals surface area contributed by atoms with Crippen molar-refractivity contribution in [3.05, 3.63) is 100.0 Å². The van der Waals surface area contributed by atoms with Crippen molar-refractivity contribution in [3.8, 4) is 11.1 Å². The topological polar surface area (TPSA) is 66.5 Å². The van der Waals surface area contributed by atoms with Gasteiger partial charge in [-0.15, -0.1) is 11.3 Å². The van der Waals surface area contributed by atoms with E-state index in [0.717, 1.165) is 22.5 Å². The zero-order valence-corrected chi connectivity index (χ0v) is 20.5. The maximum absolute atomic E-state index is 13.9. The van der Waals surface area contributed by atoms with E-state index in [0.29, 0.717) is 16.8 Å². The molecule has 0 atom stereocenters. The van der Waals surface area contributed by atoms with Gasteiger partial charge in [0.15, 0.2) is 0 Å². The van der Waals surface area contributed by atoms with Crippen molar-refractivity contribution >= 4 is 38.6 Å². The van der Waals surface area contributed by atoms with Crippen LogP contribution in [0.5, 0.6) is 0 Å². The summed E-state index contributed by atoms with van der Waals surface area (Å²) in [5.74, 6) is -1.12. The van der Waals surface area contributed by atoms with E-state index in [-0.39, 0.29) is 15.5 Å². The third kappa shape index (κ3) is 4.60. The fraction of sp³-hybridized carbons (Fsp3) is 0.115. The Morgan fingerprint density at radius 1 is 0.941 bits per heavy atom. The molecule has 0 aliphatic rings. The predicted molar refractivity (Wildman–Crippen MR) is 136 cm³/mol. The number of carbonyl (C=O) groups is 1. The third-order valence-electron chi connectivity index (χ3n) is 5.59. The molecule has 1 amide bonds. The van der Waals surface area contributed by atoms with E-state index in [9.17, 15) is 17.6 Å². The van der Waals surface area contributed by atoms with Crippen LogP contribution >= 0.6 is 11.3 Å². The van der Waals surface area contributed by atoms with E-state index in [2.05, 4.69) is 5.32 Å². The molecule has 0 fully saturated rings. The molecule has 4 rings (SSSR count). The van der Waals surface area contributed by atoms with E-state index in [1.165, 1.54) is 29.6 Å². The van der Waals surface area contributed by atoms with Gasteiger partial charge in [0, 0.05) is 23.7 Å². The number of nitrogens with one attached hydrogen (secondary N) is 1. The Morgan fingerprint density at radius 2 is 1.68 bits per heavy atom. The quantitative estimate of drug-likeness (QED) is 0.345. The second-order valence-corrected chi connectivity index (χ2v) is 10.7. The minimum absolute atomic E-state index is 0.0267. The van der Waals surface area contributed by atoms with Gasteiger partial charge in [-0.1, -0.05) is 42.5 Å². The highest BCUT2D eigenvalue weighted by Crippen LogP contribution is 2.38. The van der Waals surface area contributed by atoms with Crippen LogP contribution in [0.4, 0.5) is 15.8 Å². The zero-order chi connectivity index (χ0) is 24.5. The lowest BCUT2D eigenvalue weighted by Gasteiger charge is -2.22. The summed E-state index contributed by atoms with van der Waals surface area (Å²) in [6.07, 6.45) is 0. The van der Waals surface area contributed by atoms with Crippen LogP contribution in [0.1, 0.15) is 20.8 Å². The number of rotatable bonds is 6. The molecule has 1 heterocycles. The number of halogens is 1. The third-order valence-corrected chi connectivity index (χ3v) is 8.57. The fourth-order valence-corrected chi connectivity index (χ4v) is 6.37. The number of thiophene rings is 1. The molecular formula is C26H23FN2O3S2. The van der Waals surface area contributed by atoms with Crippen LogP contribution in [-0.4, -0.2) is 21.4 Å². The predicted octanol–water partition coefficient (Wildman–Crippen LogP) is 6.25. The highest BCUT2D eigenvalue weighted by molar-refractivity contribution is 7.93. The van der Waals surface area contributed by atoms with E-state index < -0.39 is 21.7 Å². The number of hydrogen-bond acceptors (Lipinski definition) is 4. The normalized spacial score (nSPS) is 11.3. The van der Waals surface area contributed by atoms with E-state index in [4.69, 9.17) is 0 Å². The molecule has 0 bridgehead atoms. The molecule has 5 nitrogen and oxygen atoms in total. The van der Waals surface area contributed by atoms with Gasteiger partial charge in [0.05, 0.1) is 5.69 Å². The second-order valence-electron chi connectivity index (χ2n) is 7.88. The maximum Gasteiger partial charge on any atom is 0.267 e. The van der Waals surface area contributed by atoms with Gasteiger partial charge in [0.1, 0.15) is 15.6 Å². The Morgan fingerprint density at radius 3 is 2.35 bits per heavy atom. The maximum atomic E-state index is 13.9. The van der Waals surface area contributed by atoms with Gasteiger partial charge in [-0.05, 0) is 60.9 Å². The number of aryl methyl sites for hydroxylation is 2. The smallest absolute Gasteiger partial charge is 0.267 e. The van der Waals surface area contributed by atoms with Crippen molar-refractivity contribution in [1.29, 1.82) is 0 Å². The monoisotopic (exact) mass is 494 g/mol. The van der Waals surface area contributed by atoms with Gasteiger partial charge in [-0.2, -0.15) is 0 Å². The van der Waals surface area contributed by atoms with Crippen molar-refractivity contribution in [2.45, 2.75) is 18.7 Å². The summed E-state index contributed by atoms with van der Waals surface area (Å²) in [5, 5.41) is 4.28. The average Bonchev–Trinajstić information content (AvgIpc) is 3.27. The Kier molecular flexibility index (Phi) is 6.54. The number of amides is 1. The molecule has 1 aromatic heterocycles. The SMILES string of the molecule is Cc1ccc(N(C)S(=O)(=O)c2c(-c3ccccc3)csc2C(=O)Nc2cccc(F)c2)cc1C. The number of nitrogens with zero attached hydrogens (tertiary/aromatic N) is 1. The molecule has 0 aliphatic heterocycles. The second kappa shape index (κ2) is 9.40. The van der Waals surface area contributed by atoms with Crippen molar-refractivity contribution in [1.82, 2.24) is 0 Å². The number of benzene rings is 3. The molecule has 0 spiro atoms. The molecule has 34 heavy (non-hydrogen) atoms. The summed E-state index contributed by atoms with van der Waals surface area (Å²) in [6, 6.07) is 19.9. The summed E-state index contributed by atoms with van der Waals surface area (Å²) in [5.41, 5.74) is 3.85. The number of anilines is 2. The molecule has 8 heteroatoms. The molecule has 0 radical (unpaired) electrons. The van der Waals surface area contributed by atoms with Gasteiger partial charge in [-0.25, -0.2) is 12.8 Å². The Labute approximate surface area is 202 Å². The van der Waals surface area contributed by atoms with Crippen LogP contribution in [0.3, 0.4) is 0 Å². The van der Waals surface area contributed by atoms with Crippen molar-refractivity contribution < 1.29 is 17.6 Å². The molecule has 0 saturated carbocycles. The largest absolute Gasteiger partial charge is 0.321 e. The molecule has 0 aliphatic carbocycles. The van der Waals surface area contributed by atoms with Crippen LogP contribution < -0.4 is 9.62 Å². The summed E-state index contributed by atoms with van der Waals surface area (Å²) in [4.78, 5) is 13.1. The Balaban J connectivity index is 1.84. The first kappa shape index (κ1) is 23.7. The fourth-order valence-electron chi connectivity index (χ4n) is 3.53. The first-order chi connectivity index (χ1) is 16.2. The van der Waals surface area contributed by atoms with Crippen molar-refractivity contribution in [3.63, 3.8) is 0 Å². The van der Waals surface area contributed by atoms with Crippen LogP contribution in [-0.2, 0) is 10.0 Å². The first-order valence-electron chi connectivity index (χ1n) is 10.5. The number of carbonyl (C=O) groups excluding carboxylic acids is 1. The van der Waals surface area contributed by atoms with Crippen LogP contribution in [0.2, 0.25) is 0 Å². The lowest BCUT2D eigenvalue weighted by Crippen LogP contribution is -2.28. The highest BCUT2D eigenvalue weighted by Gasteiger charge is 2.33. The van der Waals surface area contributed by atoms with Crippen molar-refractivity contribution in [2.75, 3.05) is 16.7 Å². The molecule has 1 N–H and O–H groups in total. The molecule has 4 aromatic rings. The molecule has 0 unspecified atom stereocenters. The summed E-state index contributed by atoms with van der Waals surface area (Å²) >= 11 is 1.04. The van der Waals surface area contributed by atoms with Crippen molar-refractivity contribution in [2.24, 2.45) is 0 Å². The van der Waals surface area contributed by atoms with E-state index >= 15 is 0 Å². The molecule has 0 saturated heterocycles. The van der Waals surface area contributed by atoms with Gasteiger partial charge in [-0.3, -0.25) is 9.10 Å². The average molecular weight is 495 g/mol. The zero-order valence-electron chi connectivity index (χ0n) is 18.9. The van der Waals surface area contributed by atoms with Gasteiger partial charge < -0.3 is 5.32 Å². The molecule has 3 aromatic carbocycles.